The molecule has 2 heteroatoms. The summed E-state index contributed by atoms with van der Waals surface area (Å²) in [4.78, 5) is 5.21. The van der Waals surface area contributed by atoms with E-state index in [1.807, 2.05) is 0 Å². The Hall–Kier alpha value is -1.96. The van der Waals surface area contributed by atoms with Gasteiger partial charge in [-0.15, -0.1) is 0 Å². The second-order valence-electron chi connectivity index (χ2n) is 8.86. The normalized spacial score (nSPS) is 19.3. The zero-order valence-electron chi connectivity index (χ0n) is 18.0. The van der Waals surface area contributed by atoms with Gasteiger partial charge in [-0.05, 0) is 84.6 Å². The quantitative estimate of drug-likeness (QED) is 0.656. The van der Waals surface area contributed by atoms with E-state index in [0.29, 0.717) is 6.04 Å². The largest absolute Gasteiger partial charge is 0.348 e. The minimum absolute atomic E-state index is 0.0640. The highest BCUT2D eigenvalue weighted by molar-refractivity contribution is 5.69. The molecular weight excluding hydrogens is 316 g/mol. The zero-order chi connectivity index (χ0) is 19.4. The number of nitrogens with zero attached hydrogens (tertiary/aromatic N) is 2. The summed E-state index contributed by atoms with van der Waals surface area (Å²) in [5.74, 6) is 0. The van der Waals surface area contributed by atoms with E-state index in [9.17, 15) is 0 Å². The average Bonchev–Trinajstić information content (AvgIpc) is 2.70. The molecule has 1 aliphatic rings. The maximum absolute atomic E-state index is 2.61. The van der Waals surface area contributed by atoms with Crippen LogP contribution in [0, 0.1) is 41.5 Å². The van der Waals surface area contributed by atoms with Gasteiger partial charge in [0.05, 0.1) is 18.2 Å². The number of anilines is 2. The van der Waals surface area contributed by atoms with E-state index >= 15 is 0 Å². The van der Waals surface area contributed by atoms with Crippen molar-refractivity contribution in [2.24, 2.45) is 0 Å². The van der Waals surface area contributed by atoms with Crippen molar-refractivity contribution in [3.63, 3.8) is 0 Å². The lowest BCUT2D eigenvalue weighted by atomic mass is 9.92. The molecule has 1 aliphatic heterocycles. The molecule has 1 fully saturated rings. The summed E-state index contributed by atoms with van der Waals surface area (Å²) in [6.07, 6.45) is 0. The molecule has 0 bridgehead atoms. The first-order valence-corrected chi connectivity index (χ1v) is 9.74. The Balaban J connectivity index is 2.10. The lowest BCUT2D eigenvalue weighted by molar-refractivity contribution is 0.466. The van der Waals surface area contributed by atoms with Crippen molar-refractivity contribution in [3.8, 4) is 0 Å². The Kier molecular flexibility index (Phi) is 4.58. The number of hydrogen-bond acceptors (Lipinski definition) is 2. The first kappa shape index (κ1) is 18.8. The molecule has 2 aromatic carbocycles. The fourth-order valence-electron chi connectivity index (χ4n) is 4.91. The zero-order valence-corrected chi connectivity index (χ0v) is 18.0. The van der Waals surface area contributed by atoms with Gasteiger partial charge in [0.2, 0.25) is 0 Å². The van der Waals surface area contributed by atoms with Crippen LogP contribution in [0.3, 0.4) is 0 Å². The molecule has 2 aromatic rings. The molecular formula is C24H34N2. The molecule has 0 amide bonds. The van der Waals surface area contributed by atoms with Gasteiger partial charge in [-0.25, -0.2) is 0 Å². The Bertz CT molecular complexity index is 801. The molecule has 1 heterocycles. The molecule has 26 heavy (non-hydrogen) atoms. The van der Waals surface area contributed by atoms with Gasteiger partial charge in [-0.1, -0.05) is 35.4 Å². The fourth-order valence-corrected chi connectivity index (χ4v) is 4.91. The van der Waals surface area contributed by atoms with Crippen molar-refractivity contribution < 1.29 is 0 Å². The lowest BCUT2D eigenvalue weighted by Gasteiger charge is -2.37. The van der Waals surface area contributed by atoms with Crippen LogP contribution in [-0.2, 0) is 0 Å². The first-order valence-electron chi connectivity index (χ1n) is 9.74. The van der Waals surface area contributed by atoms with Crippen molar-refractivity contribution in [2.45, 2.75) is 73.9 Å². The van der Waals surface area contributed by atoms with Crippen LogP contribution in [0.2, 0.25) is 0 Å². The standard InChI is InChI=1S/C24H34N2/c1-15-10-17(3)22(18(4)11-15)25-14-26(24(8,9)21(25)7)23-19(5)12-16(2)13-20(23)6/h10-13,21H,14H2,1-9H3. The molecule has 1 unspecified atom stereocenters. The fraction of sp³-hybridized carbons (Fsp3) is 0.500. The Morgan fingerprint density at radius 3 is 1.54 bits per heavy atom. The van der Waals surface area contributed by atoms with Crippen LogP contribution in [-0.4, -0.2) is 18.2 Å². The highest BCUT2D eigenvalue weighted by Crippen LogP contribution is 2.42. The van der Waals surface area contributed by atoms with E-state index in [1.165, 1.54) is 44.8 Å². The topological polar surface area (TPSA) is 6.48 Å². The maximum Gasteiger partial charge on any atom is 0.0913 e. The van der Waals surface area contributed by atoms with E-state index in [-0.39, 0.29) is 5.54 Å². The summed E-state index contributed by atoms with van der Waals surface area (Å²) >= 11 is 0. The van der Waals surface area contributed by atoms with E-state index in [1.54, 1.807) is 0 Å². The minimum Gasteiger partial charge on any atom is -0.348 e. The van der Waals surface area contributed by atoms with Gasteiger partial charge in [0.15, 0.2) is 0 Å². The lowest BCUT2D eigenvalue weighted by Crippen LogP contribution is -2.45. The molecule has 0 aliphatic carbocycles. The van der Waals surface area contributed by atoms with Crippen LogP contribution in [0.4, 0.5) is 11.4 Å². The number of aryl methyl sites for hydroxylation is 6. The average molecular weight is 351 g/mol. The molecule has 1 atom stereocenters. The van der Waals surface area contributed by atoms with Gasteiger partial charge in [-0.3, -0.25) is 0 Å². The van der Waals surface area contributed by atoms with Gasteiger partial charge in [-0.2, -0.15) is 0 Å². The SMILES string of the molecule is Cc1cc(C)c(N2CN(c3c(C)cc(C)cc3C)C(C)(C)C2C)c(C)c1. The molecule has 2 nitrogen and oxygen atoms in total. The summed E-state index contributed by atoms with van der Waals surface area (Å²) in [7, 11) is 0. The second-order valence-corrected chi connectivity index (χ2v) is 8.86. The van der Waals surface area contributed by atoms with Gasteiger partial charge >= 0.3 is 0 Å². The second kappa shape index (κ2) is 6.33. The number of hydrogen-bond donors (Lipinski definition) is 0. The Morgan fingerprint density at radius 1 is 0.731 bits per heavy atom. The molecule has 3 rings (SSSR count). The van der Waals surface area contributed by atoms with E-state index in [2.05, 4.69) is 96.4 Å². The molecule has 0 spiro atoms. The summed E-state index contributed by atoms with van der Waals surface area (Å²) in [5.41, 5.74) is 11.1. The highest BCUT2D eigenvalue weighted by Gasteiger charge is 2.45. The summed E-state index contributed by atoms with van der Waals surface area (Å²) in [6, 6.07) is 9.69. The van der Waals surface area contributed by atoms with Crippen LogP contribution in [0.5, 0.6) is 0 Å². The van der Waals surface area contributed by atoms with Crippen molar-refractivity contribution in [3.05, 3.63) is 57.6 Å². The van der Waals surface area contributed by atoms with Crippen LogP contribution in [0.15, 0.2) is 24.3 Å². The van der Waals surface area contributed by atoms with Gasteiger partial charge in [0, 0.05) is 11.4 Å². The number of benzene rings is 2. The minimum atomic E-state index is 0.0640. The molecule has 0 radical (unpaired) electrons. The molecule has 0 N–H and O–H groups in total. The van der Waals surface area contributed by atoms with E-state index in [4.69, 9.17) is 0 Å². The van der Waals surface area contributed by atoms with Gasteiger partial charge in [0.1, 0.15) is 0 Å². The molecule has 0 saturated carbocycles. The van der Waals surface area contributed by atoms with Crippen molar-refractivity contribution in [2.75, 3.05) is 16.5 Å². The Labute approximate surface area is 159 Å². The summed E-state index contributed by atoms with van der Waals surface area (Å²) in [6.45, 7) is 21.5. The monoisotopic (exact) mass is 350 g/mol. The van der Waals surface area contributed by atoms with Crippen molar-refractivity contribution in [1.29, 1.82) is 0 Å². The predicted octanol–water partition coefficient (Wildman–Crippen LogP) is 5.99. The van der Waals surface area contributed by atoms with E-state index in [0.717, 1.165) is 6.67 Å². The van der Waals surface area contributed by atoms with Crippen LogP contribution in [0.1, 0.15) is 54.2 Å². The Morgan fingerprint density at radius 2 is 1.12 bits per heavy atom. The summed E-state index contributed by atoms with van der Waals surface area (Å²) < 4.78 is 0. The molecule has 0 aromatic heterocycles. The third-order valence-electron chi connectivity index (χ3n) is 6.31. The van der Waals surface area contributed by atoms with Crippen LogP contribution >= 0.6 is 0 Å². The molecule has 140 valence electrons. The number of rotatable bonds is 2. The maximum atomic E-state index is 2.61. The van der Waals surface area contributed by atoms with Crippen molar-refractivity contribution >= 4 is 11.4 Å². The smallest absolute Gasteiger partial charge is 0.0913 e. The van der Waals surface area contributed by atoms with Crippen molar-refractivity contribution in [1.82, 2.24) is 0 Å². The van der Waals surface area contributed by atoms with Crippen LogP contribution < -0.4 is 9.80 Å². The first-order chi connectivity index (χ1) is 12.0. The predicted molar refractivity (Wildman–Crippen MR) is 115 cm³/mol. The van der Waals surface area contributed by atoms with E-state index < -0.39 is 0 Å². The van der Waals surface area contributed by atoms with Crippen LogP contribution in [0.25, 0.3) is 0 Å². The van der Waals surface area contributed by atoms with Gasteiger partial charge < -0.3 is 9.80 Å². The highest BCUT2D eigenvalue weighted by atomic mass is 15.4. The summed E-state index contributed by atoms with van der Waals surface area (Å²) in [5, 5.41) is 0. The third-order valence-corrected chi connectivity index (χ3v) is 6.31. The van der Waals surface area contributed by atoms with Gasteiger partial charge in [0.25, 0.3) is 0 Å². The third kappa shape index (κ3) is 2.90. The molecule has 1 saturated heterocycles.